The average Bonchev–Trinajstić information content (AvgIpc) is 2.81. The molecule has 5 heteroatoms. The highest BCUT2D eigenvalue weighted by Gasteiger charge is 2.39. The fraction of sp³-hybridized carbons (Fsp3) is 0.533. The SMILES string of the molecule is NC1CC[C@@H]2CN(C(=O)c3ccc(Cl)cc3O)C[C@@H]2C1. The maximum absolute atomic E-state index is 12.5. The van der Waals surface area contributed by atoms with Gasteiger partial charge < -0.3 is 15.7 Å². The number of hydrogen-bond acceptors (Lipinski definition) is 3. The minimum absolute atomic E-state index is 0.0472. The number of phenols is 1. The normalized spacial score (nSPS) is 29.3. The minimum Gasteiger partial charge on any atom is -0.507 e. The van der Waals surface area contributed by atoms with Crippen LogP contribution >= 0.6 is 11.6 Å². The van der Waals surface area contributed by atoms with E-state index < -0.39 is 0 Å². The van der Waals surface area contributed by atoms with E-state index in [9.17, 15) is 9.90 Å². The monoisotopic (exact) mass is 294 g/mol. The second kappa shape index (κ2) is 5.26. The van der Waals surface area contributed by atoms with E-state index in [1.165, 1.54) is 6.07 Å². The predicted molar refractivity (Wildman–Crippen MR) is 77.8 cm³/mol. The van der Waals surface area contributed by atoms with Gasteiger partial charge in [0.15, 0.2) is 0 Å². The molecule has 1 unspecified atom stereocenters. The van der Waals surface area contributed by atoms with Crippen LogP contribution in [0.5, 0.6) is 5.75 Å². The van der Waals surface area contributed by atoms with Crippen molar-refractivity contribution in [3.63, 3.8) is 0 Å². The van der Waals surface area contributed by atoms with Crippen molar-refractivity contribution in [1.29, 1.82) is 0 Å². The molecule has 0 bridgehead atoms. The molecule has 4 nitrogen and oxygen atoms in total. The number of benzene rings is 1. The lowest BCUT2D eigenvalue weighted by Gasteiger charge is -2.27. The largest absolute Gasteiger partial charge is 0.507 e. The third-order valence-electron chi connectivity index (χ3n) is 4.57. The molecule has 1 amide bonds. The summed E-state index contributed by atoms with van der Waals surface area (Å²) in [5.41, 5.74) is 6.34. The van der Waals surface area contributed by atoms with Crippen LogP contribution in [0.2, 0.25) is 5.02 Å². The molecule has 0 spiro atoms. The summed E-state index contributed by atoms with van der Waals surface area (Å²) in [4.78, 5) is 14.3. The van der Waals surface area contributed by atoms with Gasteiger partial charge in [-0.15, -0.1) is 0 Å². The van der Waals surface area contributed by atoms with Gasteiger partial charge in [-0.1, -0.05) is 11.6 Å². The Bertz CT molecular complexity index is 535. The Kier molecular flexibility index (Phi) is 3.61. The molecule has 1 heterocycles. The molecule has 20 heavy (non-hydrogen) atoms. The smallest absolute Gasteiger partial charge is 0.257 e. The Morgan fingerprint density at radius 1 is 1.30 bits per heavy atom. The first-order valence-electron chi connectivity index (χ1n) is 7.08. The number of rotatable bonds is 1. The summed E-state index contributed by atoms with van der Waals surface area (Å²) in [5, 5.41) is 10.3. The molecule has 1 aliphatic heterocycles. The zero-order valence-corrected chi connectivity index (χ0v) is 12.0. The fourth-order valence-electron chi connectivity index (χ4n) is 3.49. The van der Waals surface area contributed by atoms with Crippen molar-refractivity contribution in [3.05, 3.63) is 28.8 Å². The zero-order valence-electron chi connectivity index (χ0n) is 11.3. The van der Waals surface area contributed by atoms with Crippen LogP contribution in [0.4, 0.5) is 0 Å². The van der Waals surface area contributed by atoms with E-state index in [0.29, 0.717) is 22.4 Å². The molecule has 1 aromatic rings. The van der Waals surface area contributed by atoms with Crippen LogP contribution in [0.25, 0.3) is 0 Å². The van der Waals surface area contributed by atoms with Gasteiger partial charge in [0.25, 0.3) is 5.91 Å². The van der Waals surface area contributed by atoms with Crippen molar-refractivity contribution >= 4 is 17.5 Å². The number of phenolic OH excluding ortho intramolecular Hbond substituents is 1. The van der Waals surface area contributed by atoms with Crippen molar-refractivity contribution < 1.29 is 9.90 Å². The number of carbonyl (C=O) groups is 1. The fourth-order valence-corrected chi connectivity index (χ4v) is 3.66. The molecule has 108 valence electrons. The third kappa shape index (κ3) is 2.50. The molecule has 3 atom stereocenters. The lowest BCUT2D eigenvalue weighted by Crippen LogP contribution is -2.32. The second-order valence-electron chi connectivity index (χ2n) is 5.96. The van der Waals surface area contributed by atoms with E-state index in [-0.39, 0.29) is 17.7 Å². The number of nitrogens with two attached hydrogens (primary N) is 1. The van der Waals surface area contributed by atoms with Crippen molar-refractivity contribution in [2.45, 2.75) is 25.3 Å². The maximum Gasteiger partial charge on any atom is 0.257 e. The van der Waals surface area contributed by atoms with Gasteiger partial charge in [-0.3, -0.25) is 4.79 Å². The Balaban J connectivity index is 1.75. The standard InChI is InChI=1S/C15H19ClN2O2/c16-11-2-4-13(14(19)6-11)15(20)18-7-9-1-3-12(17)5-10(9)8-18/h2,4,6,9-10,12,19H,1,3,5,7-8,17H2/t9-,10+,12?/m1/s1. The highest BCUT2D eigenvalue weighted by molar-refractivity contribution is 6.30. The van der Waals surface area contributed by atoms with E-state index in [4.69, 9.17) is 17.3 Å². The molecule has 2 fully saturated rings. The molecule has 1 saturated carbocycles. The molecule has 0 radical (unpaired) electrons. The molecule has 3 N–H and O–H groups in total. The molecule has 1 aliphatic carbocycles. The Hall–Kier alpha value is -1.26. The highest BCUT2D eigenvalue weighted by atomic mass is 35.5. The molecule has 1 aromatic carbocycles. The number of amides is 1. The molecule has 0 aromatic heterocycles. The predicted octanol–water partition coefficient (Wildman–Crippen LogP) is 2.25. The summed E-state index contributed by atoms with van der Waals surface area (Å²) >= 11 is 5.80. The third-order valence-corrected chi connectivity index (χ3v) is 4.80. The van der Waals surface area contributed by atoms with Gasteiger partial charge in [0, 0.05) is 24.2 Å². The lowest BCUT2D eigenvalue weighted by molar-refractivity contribution is 0.0781. The molecule has 1 saturated heterocycles. The van der Waals surface area contributed by atoms with E-state index in [1.54, 1.807) is 12.1 Å². The van der Waals surface area contributed by atoms with Gasteiger partial charge in [0.2, 0.25) is 0 Å². The van der Waals surface area contributed by atoms with Gasteiger partial charge in [0.1, 0.15) is 5.75 Å². The molecular weight excluding hydrogens is 276 g/mol. The van der Waals surface area contributed by atoms with Crippen molar-refractivity contribution in [2.75, 3.05) is 13.1 Å². The van der Waals surface area contributed by atoms with Gasteiger partial charge in [-0.25, -0.2) is 0 Å². The number of carbonyl (C=O) groups excluding carboxylic acids is 1. The summed E-state index contributed by atoms with van der Waals surface area (Å²) in [6.45, 7) is 1.53. The first-order chi connectivity index (χ1) is 9.54. The van der Waals surface area contributed by atoms with E-state index in [1.807, 2.05) is 4.90 Å². The van der Waals surface area contributed by atoms with Crippen LogP contribution in [0.3, 0.4) is 0 Å². The summed E-state index contributed by atoms with van der Waals surface area (Å²) < 4.78 is 0. The Labute approximate surface area is 123 Å². The quantitative estimate of drug-likeness (QED) is 0.835. The molecule has 2 aliphatic rings. The first-order valence-corrected chi connectivity index (χ1v) is 7.45. The van der Waals surface area contributed by atoms with E-state index >= 15 is 0 Å². The van der Waals surface area contributed by atoms with Crippen LogP contribution in [0, 0.1) is 11.8 Å². The summed E-state index contributed by atoms with van der Waals surface area (Å²) in [6.07, 6.45) is 3.15. The van der Waals surface area contributed by atoms with Gasteiger partial charge in [-0.2, -0.15) is 0 Å². The number of aromatic hydroxyl groups is 1. The minimum atomic E-state index is -0.109. The van der Waals surface area contributed by atoms with Crippen LogP contribution in [0.15, 0.2) is 18.2 Å². The second-order valence-corrected chi connectivity index (χ2v) is 6.40. The average molecular weight is 295 g/mol. The van der Waals surface area contributed by atoms with E-state index in [2.05, 4.69) is 0 Å². The van der Waals surface area contributed by atoms with Crippen molar-refractivity contribution in [1.82, 2.24) is 4.90 Å². The van der Waals surface area contributed by atoms with Gasteiger partial charge in [0.05, 0.1) is 5.56 Å². The topological polar surface area (TPSA) is 66.6 Å². The maximum atomic E-state index is 12.5. The summed E-state index contributed by atoms with van der Waals surface area (Å²) in [6, 6.07) is 4.91. The summed E-state index contributed by atoms with van der Waals surface area (Å²) in [5.74, 6) is 0.918. The van der Waals surface area contributed by atoms with Gasteiger partial charge in [-0.05, 0) is 49.3 Å². The van der Waals surface area contributed by atoms with Crippen molar-refractivity contribution in [2.24, 2.45) is 17.6 Å². The molecular formula is C15H19ClN2O2. The van der Waals surface area contributed by atoms with Crippen LogP contribution in [0.1, 0.15) is 29.6 Å². The number of likely N-dealkylation sites (tertiary alicyclic amines) is 1. The lowest BCUT2D eigenvalue weighted by atomic mass is 9.79. The number of hydrogen-bond donors (Lipinski definition) is 2. The molecule has 3 rings (SSSR count). The van der Waals surface area contributed by atoms with Gasteiger partial charge >= 0.3 is 0 Å². The van der Waals surface area contributed by atoms with Crippen LogP contribution in [-0.2, 0) is 0 Å². The first kappa shape index (κ1) is 13.7. The van der Waals surface area contributed by atoms with Crippen molar-refractivity contribution in [3.8, 4) is 5.75 Å². The van der Waals surface area contributed by atoms with E-state index in [0.717, 1.165) is 32.4 Å². The summed E-state index contributed by atoms with van der Waals surface area (Å²) in [7, 11) is 0. The van der Waals surface area contributed by atoms with Crippen LogP contribution in [-0.4, -0.2) is 35.0 Å². The highest BCUT2D eigenvalue weighted by Crippen LogP contribution is 2.36. The zero-order chi connectivity index (χ0) is 14.3. The number of halogens is 1. The number of nitrogens with zero attached hydrogens (tertiary/aromatic N) is 1. The Morgan fingerprint density at radius 2 is 2.05 bits per heavy atom. The Morgan fingerprint density at radius 3 is 2.80 bits per heavy atom. The number of fused-ring (bicyclic) bond motifs is 1. The van der Waals surface area contributed by atoms with Crippen LogP contribution < -0.4 is 5.73 Å².